The molecule has 190 valence electrons. The number of nitrogens with zero attached hydrogens (tertiary/aromatic N) is 3. The molecule has 0 radical (unpaired) electrons. The average Bonchev–Trinajstić information content (AvgIpc) is 3.30. The summed E-state index contributed by atoms with van der Waals surface area (Å²) < 4.78 is 7.23. The molecule has 2 aliphatic heterocycles. The summed E-state index contributed by atoms with van der Waals surface area (Å²) in [7, 11) is 1.70. The van der Waals surface area contributed by atoms with E-state index in [4.69, 9.17) is 4.74 Å². The highest BCUT2D eigenvalue weighted by Gasteiger charge is 2.36. The van der Waals surface area contributed by atoms with Crippen molar-refractivity contribution >= 4 is 34.5 Å². The molecule has 0 saturated carbocycles. The Bertz CT molecular complexity index is 1650. The molecule has 0 fully saturated rings. The van der Waals surface area contributed by atoms with E-state index in [2.05, 4.69) is 25.8 Å². The molecule has 0 unspecified atom stereocenters. The number of fused-ring (bicyclic) bond motifs is 2. The van der Waals surface area contributed by atoms with Crippen LogP contribution in [0.3, 0.4) is 0 Å². The lowest BCUT2D eigenvalue weighted by atomic mass is 9.85. The van der Waals surface area contributed by atoms with Crippen molar-refractivity contribution in [2.45, 2.75) is 46.1 Å². The summed E-state index contributed by atoms with van der Waals surface area (Å²) in [5, 5.41) is 0. The van der Waals surface area contributed by atoms with E-state index in [-0.39, 0.29) is 23.5 Å². The molecule has 0 N–H and O–H groups in total. The van der Waals surface area contributed by atoms with Crippen molar-refractivity contribution in [1.29, 1.82) is 0 Å². The third kappa shape index (κ3) is 3.96. The number of para-hydroxylation sites is 1. The number of amides is 1. The van der Waals surface area contributed by atoms with Gasteiger partial charge in [-0.05, 0) is 36.5 Å². The van der Waals surface area contributed by atoms with E-state index in [1.54, 1.807) is 25.8 Å². The second-order valence-corrected chi connectivity index (χ2v) is 11.2. The molecule has 8 heteroatoms. The topological polar surface area (TPSA) is 81.0 Å². The Morgan fingerprint density at radius 1 is 1.08 bits per heavy atom. The molecule has 7 nitrogen and oxygen atoms in total. The zero-order chi connectivity index (χ0) is 26.6. The van der Waals surface area contributed by atoms with Gasteiger partial charge in [-0.3, -0.25) is 14.2 Å². The van der Waals surface area contributed by atoms with Crippen LogP contribution in [0.5, 0.6) is 0 Å². The van der Waals surface area contributed by atoms with Gasteiger partial charge in [0.15, 0.2) is 4.80 Å². The predicted octanol–water partition coefficient (Wildman–Crippen LogP) is 3.44. The normalized spacial score (nSPS) is 18.5. The van der Waals surface area contributed by atoms with Gasteiger partial charge in [0.2, 0.25) is 0 Å². The van der Waals surface area contributed by atoms with Gasteiger partial charge in [0, 0.05) is 12.6 Å². The van der Waals surface area contributed by atoms with Crippen molar-refractivity contribution in [1.82, 2.24) is 4.57 Å². The highest BCUT2D eigenvalue weighted by atomic mass is 32.1. The molecule has 1 atom stereocenters. The van der Waals surface area contributed by atoms with Crippen molar-refractivity contribution in [2.24, 2.45) is 4.99 Å². The largest absolute Gasteiger partial charge is 0.463 e. The smallest absolute Gasteiger partial charge is 0.338 e. The van der Waals surface area contributed by atoms with Gasteiger partial charge in [0.1, 0.15) is 4.53 Å². The summed E-state index contributed by atoms with van der Waals surface area (Å²) in [4.78, 5) is 47.1. The van der Waals surface area contributed by atoms with Gasteiger partial charge < -0.3 is 9.64 Å². The standard InChI is InChI=1S/C29H29N3O4S/c1-7-36-27(35)21-16(2)30-28-32(23(21)17-12-14-18(15-13-17)29(3,4)5)26(34)24(37-28)22-19-10-8-9-11-20(19)31(6)25(22)33/h8-15,23H,7H2,1-6H3/b24-22-/t23-/m1/s1. The minimum atomic E-state index is -0.719. The van der Waals surface area contributed by atoms with Gasteiger partial charge >= 0.3 is 5.97 Å². The Kier molecular flexibility index (Phi) is 6.02. The first-order chi connectivity index (χ1) is 17.5. The number of carbonyl (C=O) groups is 2. The van der Waals surface area contributed by atoms with Gasteiger partial charge in [-0.1, -0.05) is 74.6 Å². The fourth-order valence-corrected chi connectivity index (χ4v) is 6.05. The first kappa shape index (κ1) is 24.9. The SMILES string of the molecule is CCOC(=O)C1=C(C)N=c2s/c(=C3\C(=O)N(C)c4ccccc43)c(=O)n2[C@@H]1c1ccc(C(C)(C)C)cc1. The molecule has 0 saturated heterocycles. The molecule has 37 heavy (non-hydrogen) atoms. The maximum absolute atomic E-state index is 14.1. The number of esters is 1. The van der Waals surface area contributed by atoms with Crippen LogP contribution in [0.15, 0.2) is 69.6 Å². The summed E-state index contributed by atoms with van der Waals surface area (Å²) in [5.41, 5.74) is 4.17. The zero-order valence-corrected chi connectivity index (χ0v) is 22.6. The van der Waals surface area contributed by atoms with Crippen molar-refractivity contribution in [2.75, 3.05) is 18.6 Å². The van der Waals surface area contributed by atoms with Crippen LogP contribution in [0.25, 0.3) is 5.57 Å². The number of anilines is 1. The number of allylic oxidation sites excluding steroid dienone is 1. The highest BCUT2D eigenvalue weighted by molar-refractivity contribution is 7.07. The Morgan fingerprint density at radius 3 is 2.41 bits per heavy atom. The minimum absolute atomic E-state index is 0.0490. The second kappa shape index (κ2) is 8.95. The van der Waals surface area contributed by atoms with Crippen molar-refractivity contribution in [3.8, 4) is 0 Å². The van der Waals surface area contributed by atoms with Gasteiger partial charge in [0.05, 0.1) is 35.2 Å². The average molecular weight is 516 g/mol. The van der Waals surface area contributed by atoms with Crippen LogP contribution in [0.1, 0.15) is 57.4 Å². The monoisotopic (exact) mass is 515 g/mol. The maximum atomic E-state index is 14.1. The minimum Gasteiger partial charge on any atom is -0.463 e. The van der Waals surface area contributed by atoms with E-state index >= 15 is 0 Å². The predicted molar refractivity (Wildman–Crippen MR) is 144 cm³/mol. The number of thiazole rings is 1. The second-order valence-electron chi connectivity index (χ2n) is 10.3. The Morgan fingerprint density at radius 2 is 1.76 bits per heavy atom. The van der Waals surface area contributed by atoms with Crippen LogP contribution in [-0.2, 0) is 19.7 Å². The molecular weight excluding hydrogens is 486 g/mol. The van der Waals surface area contributed by atoms with Crippen LogP contribution < -0.4 is 19.8 Å². The molecule has 1 amide bonds. The number of hydrogen-bond acceptors (Lipinski definition) is 6. The maximum Gasteiger partial charge on any atom is 0.338 e. The van der Waals surface area contributed by atoms with Gasteiger partial charge in [0.25, 0.3) is 11.5 Å². The van der Waals surface area contributed by atoms with E-state index in [0.29, 0.717) is 31.7 Å². The lowest BCUT2D eigenvalue weighted by Crippen LogP contribution is -2.40. The van der Waals surface area contributed by atoms with E-state index in [1.807, 2.05) is 48.5 Å². The number of likely N-dealkylation sites (N-methyl/N-ethyl adjacent to an activating group) is 1. The molecule has 3 heterocycles. The number of carbonyl (C=O) groups excluding carboxylic acids is 2. The van der Waals surface area contributed by atoms with Crippen molar-refractivity contribution < 1.29 is 14.3 Å². The molecule has 2 aliphatic rings. The summed E-state index contributed by atoms with van der Waals surface area (Å²) in [6.45, 7) is 10.1. The first-order valence-corrected chi connectivity index (χ1v) is 13.1. The molecule has 5 rings (SSSR count). The fourth-order valence-electron chi connectivity index (χ4n) is 4.91. The molecule has 3 aromatic rings. The quantitative estimate of drug-likeness (QED) is 0.501. The number of hydrogen-bond donors (Lipinski definition) is 0. The van der Waals surface area contributed by atoms with Crippen molar-refractivity contribution in [3.63, 3.8) is 0 Å². The number of benzene rings is 2. The lowest BCUT2D eigenvalue weighted by Gasteiger charge is -2.26. The molecule has 1 aromatic heterocycles. The number of rotatable bonds is 3. The zero-order valence-electron chi connectivity index (χ0n) is 21.8. The van der Waals surface area contributed by atoms with Crippen LogP contribution in [0.4, 0.5) is 5.69 Å². The summed E-state index contributed by atoms with van der Waals surface area (Å²) in [6, 6.07) is 14.7. The number of aromatic nitrogens is 1. The van der Waals surface area contributed by atoms with Crippen molar-refractivity contribution in [3.05, 3.63) is 96.2 Å². The lowest BCUT2D eigenvalue weighted by molar-refractivity contribution is -0.139. The third-order valence-corrected chi connectivity index (χ3v) is 7.92. The molecule has 0 spiro atoms. The molecule has 0 aliphatic carbocycles. The Labute approximate surface area is 219 Å². The number of ether oxygens (including phenoxy) is 1. The van der Waals surface area contributed by atoms with Crippen LogP contribution >= 0.6 is 11.3 Å². The van der Waals surface area contributed by atoms with E-state index < -0.39 is 12.0 Å². The third-order valence-electron chi connectivity index (χ3n) is 6.87. The first-order valence-electron chi connectivity index (χ1n) is 12.2. The van der Waals surface area contributed by atoms with Crippen LogP contribution in [0, 0.1) is 0 Å². The highest BCUT2D eigenvalue weighted by Crippen LogP contribution is 2.35. The molecule has 0 bridgehead atoms. The summed E-state index contributed by atoms with van der Waals surface area (Å²) in [5.74, 6) is -0.743. The molecular formula is C29H29N3O4S. The van der Waals surface area contributed by atoms with Gasteiger partial charge in [-0.2, -0.15) is 0 Å². The Balaban J connectivity index is 1.80. The van der Waals surface area contributed by atoms with E-state index in [1.165, 1.54) is 15.9 Å². The van der Waals surface area contributed by atoms with E-state index in [0.717, 1.165) is 16.8 Å². The Hall–Kier alpha value is -3.78. The van der Waals surface area contributed by atoms with E-state index in [9.17, 15) is 14.4 Å². The summed E-state index contributed by atoms with van der Waals surface area (Å²) in [6.07, 6.45) is 0. The molecule has 2 aromatic carbocycles. The van der Waals surface area contributed by atoms with Gasteiger partial charge in [-0.25, -0.2) is 9.79 Å². The van der Waals surface area contributed by atoms with Gasteiger partial charge in [-0.15, -0.1) is 0 Å². The summed E-state index contributed by atoms with van der Waals surface area (Å²) >= 11 is 1.18. The fraction of sp³-hybridized carbons (Fsp3) is 0.310. The van der Waals surface area contributed by atoms with Crippen LogP contribution in [0.2, 0.25) is 0 Å². The van der Waals surface area contributed by atoms with Crippen LogP contribution in [-0.4, -0.2) is 30.1 Å².